The van der Waals surface area contributed by atoms with E-state index in [2.05, 4.69) is 10.3 Å². The predicted molar refractivity (Wildman–Crippen MR) is 78.0 cm³/mol. The number of aromatic nitrogens is 1. The van der Waals surface area contributed by atoms with Gasteiger partial charge in [-0.1, -0.05) is 11.6 Å². The summed E-state index contributed by atoms with van der Waals surface area (Å²) in [6, 6.07) is 7.59. The summed E-state index contributed by atoms with van der Waals surface area (Å²) in [6.07, 6.45) is 1.75. The standard InChI is InChI=1S/C15H17ClN2O/c1-10-6-12(16)7-11(2)15(10)19-14-4-5-18-13(8-14)9-17-3/h4-8,17H,9H2,1-3H3. The van der Waals surface area contributed by atoms with Crippen molar-refractivity contribution in [3.05, 3.63) is 52.3 Å². The van der Waals surface area contributed by atoms with E-state index in [0.717, 1.165) is 39.9 Å². The van der Waals surface area contributed by atoms with Crippen LogP contribution < -0.4 is 10.1 Å². The third kappa shape index (κ3) is 3.46. The minimum Gasteiger partial charge on any atom is -0.457 e. The number of ether oxygens (including phenoxy) is 1. The maximum atomic E-state index is 6.02. The van der Waals surface area contributed by atoms with Gasteiger partial charge in [0, 0.05) is 23.8 Å². The number of pyridine rings is 1. The van der Waals surface area contributed by atoms with Gasteiger partial charge in [0.15, 0.2) is 0 Å². The van der Waals surface area contributed by atoms with Crippen LogP contribution in [0.1, 0.15) is 16.8 Å². The third-order valence-electron chi connectivity index (χ3n) is 2.79. The van der Waals surface area contributed by atoms with E-state index in [1.54, 1.807) is 6.20 Å². The van der Waals surface area contributed by atoms with Crippen molar-refractivity contribution in [2.24, 2.45) is 0 Å². The van der Waals surface area contributed by atoms with E-state index in [1.165, 1.54) is 0 Å². The molecule has 0 aliphatic carbocycles. The molecule has 0 spiro atoms. The Labute approximate surface area is 118 Å². The number of benzene rings is 1. The summed E-state index contributed by atoms with van der Waals surface area (Å²) in [5.41, 5.74) is 3.00. The Morgan fingerprint density at radius 1 is 1.21 bits per heavy atom. The first-order valence-electron chi connectivity index (χ1n) is 6.14. The van der Waals surface area contributed by atoms with Gasteiger partial charge in [0.2, 0.25) is 0 Å². The van der Waals surface area contributed by atoms with Crippen LogP contribution in [0.2, 0.25) is 5.02 Å². The quantitative estimate of drug-likeness (QED) is 0.921. The van der Waals surface area contributed by atoms with Crippen molar-refractivity contribution in [2.75, 3.05) is 7.05 Å². The van der Waals surface area contributed by atoms with Crippen LogP contribution in [0.15, 0.2) is 30.5 Å². The minimum atomic E-state index is 0.718. The highest BCUT2D eigenvalue weighted by Crippen LogP contribution is 2.31. The van der Waals surface area contributed by atoms with Crippen LogP contribution in [0.3, 0.4) is 0 Å². The molecule has 0 atom stereocenters. The number of hydrogen-bond acceptors (Lipinski definition) is 3. The maximum Gasteiger partial charge on any atom is 0.133 e. The summed E-state index contributed by atoms with van der Waals surface area (Å²) < 4.78 is 5.96. The SMILES string of the molecule is CNCc1cc(Oc2c(C)cc(Cl)cc2C)ccn1. The van der Waals surface area contributed by atoms with Crippen LogP contribution in [-0.4, -0.2) is 12.0 Å². The minimum absolute atomic E-state index is 0.718. The number of nitrogens with zero attached hydrogens (tertiary/aromatic N) is 1. The first-order chi connectivity index (χ1) is 9.10. The van der Waals surface area contributed by atoms with Gasteiger partial charge in [0.25, 0.3) is 0 Å². The Kier molecular flexibility index (Phi) is 4.40. The van der Waals surface area contributed by atoms with Crippen molar-refractivity contribution in [1.29, 1.82) is 0 Å². The van der Waals surface area contributed by atoms with Crippen molar-refractivity contribution < 1.29 is 4.74 Å². The van der Waals surface area contributed by atoms with Gasteiger partial charge in [-0.25, -0.2) is 0 Å². The largest absolute Gasteiger partial charge is 0.457 e. The van der Waals surface area contributed by atoms with Gasteiger partial charge >= 0.3 is 0 Å². The second-order valence-electron chi connectivity index (χ2n) is 4.48. The molecule has 3 nitrogen and oxygen atoms in total. The van der Waals surface area contributed by atoms with E-state index in [4.69, 9.17) is 16.3 Å². The van der Waals surface area contributed by atoms with Gasteiger partial charge in [0.1, 0.15) is 11.5 Å². The molecule has 0 amide bonds. The van der Waals surface area contributed by atoms with Crippen LogP contribution >= 0.6 is 11.6 Å². The van der Waals surface area contributed by atoms with Crippen molar-refractivity contribution in [1.82, 2.24) is 10.3 Å². The van der Waals surface area contributed by atoms with Gasteiger partial charge < -0.3 is 10.1 Å². The highest BCUT2D eigenvalue weighted by Gasteiger charge is 2.07. The maximum absolute atomic E-state index is 6.02. The fourth-order valence-corrected chi connectivity index (χ4v) is 2.30. The third-order valence-corrected chi connectivity index (χ3v) is 3.01. The van der Waals surface area contributed by atoms with E-state index in [-0.39, 0.29) is 0 Å². The molecule has 0 radical (unpaired) electrons. The molecule has 19 heavy (non-hydrogen) atoms. The Balaban J connectivity index is 2.28. The molecule has 0 aliphatic rings. The molecule has 0 fully saturated rings. The summed E-state index contributed by atoms with van der Waals surface area (Å²) in [6.45, 7) is 4.70. The lowest BCUT2D eigenvalue weighted by Gasteiger charge is -2.12. The van der Waals surface area contributed by atoms with E-state index >= 15 is 0 Å². The monoisotopic (exact) mass is 276 g/mol. The van der Waals surface area contributed by atoms with Gasteiger partial charge in [-0.05, 0) is 50.2 Å². The lowest BCUT2D eigenvalue weighted by Crippen LogP contribution is -2.06. The average molecular weight is 277 g/mol. The first-order valence-corrected chi connectivity index (χ1v) is 6.52. The molecular weight excluding hydrogens is 260 g/mol. The molecule has 1 heterocycles. The fourth-order valence-electron chi connectivity index (χ4n) is 1.97. The normalized spacial score (nSPS) is 10.5. The Bertz CT molecular complexity index is 561. The first kappa shape index (κ1) is 13.8. The van der Waals surface area contributed by atoms with Crippen molar-refractivity contribution in [2.45, 2.75) is 20.4 Å². The topological polar surface area (TPSA) is 34.1 Å². The van der Waals surface area contributed by atoms with Crippen LogP contribution in [0.25, 0.3) is 0 Å². The summed E-state index contributed by atoms with van der Waals surface area (Å²) in [5.74, 6) is 1.64. The molecule has 2 rings (SSSR count). The molecular formula is C15H17ClN2O. The van der Waals surface area contributed by atoms with Crippen molar-refractivity contribution in [3.8, 4) is 11.5 Å². The van der Waals surface area contributed by atoms with E-state index in [0.29, 0.717) is 0 Å². The highest BCUT2D eigenvalue weighted by atomic mass is 35.5. The Morgan fingerprint density at radius 3 is 2.53 bits per heavy atom. The molecule has 2 aromatic rings. The molecule has 1 aromatic carbocycles. The summed E-state index contributed by atoms with van der Waals surface area (Å²) in [4.78, 5) is 4.27. The van der Waals surface area contributed by atoms with Gasteiger partial charge in [-0.3, -0.25) is 4.98 Å². The van der Waals surface area contributed by atoms with Gasteiger partial charge in [-0.2, -0.15) is 0 Å². The summed E-state index contributed by atoms with van der Waals surface area (Å²) >= 11 is 6.02. The Morgan fingerprint density at radius 2 is 1.89 bits per heavy atom. The lowest BCUT2D eigenvalue weighted by molar-refractivity contribution is 0.473. The molecule has 0 saturated carbocycles. The molecule has 0 bridgehead atoms. The van der Waals surface area contributed by atoms with Crippen LogP contribution in [-0.2, 0) is 6.54 Å². The Hall–Kier alpha value is -1.58. The predicted octanol–water partition coefficient (Wildman–Crippen LogP) is 3.86. The highest BCUT2D eigenvalue weighted by molar-refractivity contribution is 6.30. The smallest absolute Gasteiger partial charge is 0.133 e. The van der Waals surface area contributed by atoms with Crippen molar-refractivity contribution >= 4 is 11.6 Å². The zero-order valence-corrected chi connectivity index (χ0v) is 12.1. The van der Waals surface area contributed by atoms with Crippen molar-refractivity contribution in [3.63, 3.8) is 0 Å². The van der Waals surface area contributed by atoms with Crippen LogP contribution in [0.4, 0.5) is 0 Å². The number of halogens is 1. The second kappa shape index (κ2) is 6.04. The van der Waals surface area contributed by atoms with E-state index in [9.17, 15) is 0 Å². The summed E-state index contributed by atoms with van der Waals surface area (Å²) in [5, 5.41) is 3.80. The van der Waals surface area contributed by atoms with Gasteiger partial charge in [-0.15, -0.1) is 0 Å². The van der Waals surface area contributed by atoms with E-state index < -0.39 is 0 Å². The number of aryl methyl sites for hydroxylation is 2. The molecule has 100 valence electrons. The fraction of sp³-hybridized carbons (Fsp3) is 0.267. The molecule has 0 unspecified atom stereocenters. The van der Waals surface area contributed by atoms with Gasteiger partial charge in [0.05, 0.1) is 5.69 Å². The van der Waals surface area contributed by atoms with Crippen LogP contribution in [0, 0.1) is 13.8 Å². The summed E-state index contributed by atoms with van der Waals surface area (Å²) in [7, 11) is 1.89. The molecule has 4 heteroatoms. The number of rotatable bonds is 4. The zero-order chi connectivity index (χ0) is 13.8. The second-order valence-corrected chi connectivity index (χ2v) is 4.92. The van der Waals surface area contributed by atoms with E-state index in [1.807, 2.05) is 45.2 Å². The number of hydrogen-bond donors (Lipinski definition) is 1. The molecule has 1 N–H and O–H groups in total. The molecule has 0 saturated heterocycles. The zero-order valence-electron chi connectivity index (χ0n) is 11.3. The average Bonchev–Trinajstić information content (AvgIpc) is 2.35. The van der Waals surface area contributed by atoms with Crippen LogP contribution in [0.5, 0.6) is 11.5 Å². The molecule has 0 aliphatic heterocycles. The number of nitrogens with one attached hydrogen (secondary N) is 1. The molecule has 1 aromatic heterocycles. The lowest BCUT2D eigenvalue weighted by atomic mass is 10.1.